The molecule has 10 heteroatoms. The number of benzene rings is 1. The van der Waals surface area contributed by atoms with Crippen LogP contribution in [0.5, 0.6) is 0 Å². The van der Waals surface area contributed by atoms with Gasteiger partial charge in [-0.1, -0.05) is 18.2 Å². The van der Waals surface area contributed by atoms with Crippen LogP contribution in [0.1, 0.15) is 20.7 Å². The number of thiophene rings is 1. The van der Waals surface area contributed by atoms with Crippen LogP contribution >= 0.6 is 11.3 Å². The average molecular weight is 416 g/mol. The van der Waals surface area contributed by atoms with Crippen LogP contribution in [0.3, 0.4) is 0 Å². The lowest BCUT2D eigenvalue weighted by Gasteiger charge is -2.26. The lowest BCUT2D eigenvalue weighted by Crippen LogP contribution is -2.52. The van der Waals surface area contributed by atoms with Crippen LogP contribution in [0.15, 0.2) is 41.9 Å². The van der Waals surface area contributed by atoms with Gasteiger partial charge in [0, 0.05) is 21.7 Å². The second kappa shape index (κ2) is 6.88. The number of pyridine rings is 1. The van der Waals surface area contributed by atoms with Gasteiger partial charge in [-0.15, -0.1) is 11.3 Å². The van der Waals surface area contributed by atoms with Crippen molar-refractivity contribution >= 4 is 54.6 Å². The molecule has 0 radical (unpaired) electrons. The molecule has 1 fully saturated rings. The van der Waals surface area contributed by atoms with E-state index in [1.54, 1.807) is 5.38 Å². The molecule has 28 heavy (non-hydrogen) atoms. The molecule has 2 amide bonds. The molecule has 1 saturated heterocycles. The van der Waals surface area contributed by atoms with Gasteiger partial charge in [0.1, 0.15) is 5.82 Å². The Kier molecular flexibility index (Phi) is 4.52. The van der Waals surface area contributed by atoms with Gasteiger partial charge in [0.15, 0.2) is 9.84 Å². The smallest absolute Gasteiger partial charge is 0.257 e. The van der Waals surface area contributed by atoms with E-state index in [0.29, 0.717) is 5.56 Å². The number of amides is 2. The van der Waals surface area contributed by atoms with Gasteiger partial charge < -0.3 is 16.4 Å². The maximum absolute atomic E-state index is 12.7. The number of nitrogens with two attached hydrogens (primary N) is 1. The number of sulfone groups is 1. The molecule has 0 aliphatic carbocycles. The van der Waals surface area contributed by atoms with Gasteiger partial charge in [-0.2, -0.15) is 0 Å². The Bertz CT molecular complexity index is 1190. The fraction of sp³-hybridized carbons (Fsp3) is 0.167. The number of rotatable bonds is 4. The number of nitrogens with zero attached hydrogens (tertiary/aromatic N) is 1. The van der Waals surface area contributed by atoms with E-state index < -0.39 is 21.8 Å². The summed E-state index contributed by atoms with van der Waals surface area (Å²) in [6, 6.07) is 8.56. The Labute approximate surface area is 164 Å². The van der Waals surface area contributed by atoms with Crippen molar-refractivity contribution in [2.75, 3.05) is 22.6 Å². The Balaban J connectivity index is 1.52. The highest BCUT2D eigenvalue weighted by atomic mass is 32.2. The van der Waals surface area contributed by atoms with Crippen molar-refractivity contribution in [2.24, 2.45) is 0 Å². The third kappa shape index (κ3) is 3.56. The molecule has 0 saturated carbocycles. The molecule has 0 spiro atoms. The number of aromatic nitrogens is 1. The quantitative estimate of drug-likeness (QED) is 0.593. The van der Waals surface area contributed by atoms with Gasteiger partial charge in [0.2, 0.25) is 0 Å². The largest absolute Gasteiger partial charge is 0.382 e. The second-order valence-corrected chi connectivity index (χ2v) is 9.57. The monoisotopic (exact) mass is 416 g/mol. The Hall–Kier alpha value is -2.98. The normalized spacial score (nSPS) is 15.7. The van der Waals surface area contributed by atoms with E-state index in [0.717, 1.165) is 10.1 Å². The average Bonchev–Trinajstić information content (AvgIpc) is 3.06. The summed E-state index contributed by atoms with van der Waals surface area (Å²) in [5.74, 6) is -0.889. The molecule has 1 aliphatic heterocycles. The molecule has 1 aliphatic rings. The van der Waals surface area contributed by atoms with E-state index in [1.165, 1.54) is 23.6 Å². The number of anilines is 2. The van der Waals surface area contributed by atoms with Gasteiger partial charge in [-0.3, -0.25) is 9.59 Å². The molecular weight excluding hydrogens is 400 g/mol. The van der Waals surface area contributed by atoms with E-state index in [-0.39, 0.29) is 34.5 Å². The molecule has 3 aromatic rings. The topological polar surface area (TPSA) is 131 Å². The molecule has 3 heterocycles. The summed E-state index contributed by atoms with van der Waals surface area (Å²) in [5.41, 5.74) is 6.75. The zero-order chi connectivity index (χ0) is 19.9. The number of nitrogen functional groups attached to an aromatic ring is 1. The predicted octanol–water partition coefficient (Wildman–Crippen LogP) is 1.66. The number of carbonyl (C=O) groups is 2. The summed E-state index contributed by atoms with van der Waals surface area (Å²) in [7, 11) is -3.04. The molecule has 2 aromatic heterocycles. The molecule has 1 aromatic carbocycles. The minimum atomic E-state index is -3.04. The van der Waals surface area contributed by atoms with Crippen molar-refractivity contribution in [1.29, 1.82) is 0 Å². The van der Waals surface area contributed by atoms with Gasteiger partial charge in [0.05, 0.1) is 34.4 Å². The summed E-state index contributed by atoms with van der Waals surface area (Å²) < 4.78 is 23.4. The molecule has 8 nitrogen and oxygen atoms in total. The molecule has 4 N–H and O–H groups in total. The van der Waals surface area contributed by atoms with Crippen LogP contribution in [0, 0.1) is 0 Å². The fourth-order valence-corrected chi connectivity index (χ4v) is 5.20. The van der Waals surface area contributed by atoms with E-state index in [9.17, 15) is 18.0 Å². The van der Waals surface area contributed by atoms with Gasteiger partial charge in [0.25, 0.3) is 11.8 Å². The summed E-state index contributed by atoms with van der Waals surface area (Å²) in [5, 5.41) is 7.92. The number of carbonyl (C=O) groups excluding carboxylic acids is 2. The van der Waals surface area contributed by atoms with Gasteiger partial charge >= 0.3 is 0 Å². The first-order valence-electron chi connectivity index (χ1n) is 8.37. The lowest BCUT2D eigenvalue weighted by atomic mass is 10.1. The van der Waals surface area contributed by atoms with Crippen LogP contribution in [0.25, 0.3) is 10.1 Å². The predicted molar refractivity (Wildman–Crippen MR) is 108 cm³/mol. The number of hydrogen-bond acceptors (Lipinski definition) is 7. The first kappa shape index (κ1) is 18.4. The van der Waals surface area contributed by atoms with E-state index in [2.05, 4.69) is 15.6 Å². The number of fused-ring (bicyclic) bond motifs is 1. The minimum absolute atomic E-state index is 0.0734. The van der Waals surface area contributed by atoms with Gasteiger partial charge in [-0.05, 0) is 12.1 Å². The summed E-state index contributed by atoms with van der Waals surface area (Å²) >= 11 is 1.46. The first-order chi connectivity index (χ1) is 13.3. The highest BCUT2D eigenvalue weighted by molar-refractivity contribution is 7.92. The standard InChI is InChI=1S/C18H16N4O4S2/c19-16-14(22-18(24)13-7-27-15-4-2-1-3-12(13)15)5-10(6-20-16)17(23)21-11-8-28(25,26)9-11/h1-7,11H,8-9H2,(H2,19,20)(H,21,23)(H,22,24). The highest BCUT2D eigenvalue weighted by Crippen LogP contribution is 2.27. The number of nitrogens with one attached hydrogen (secondary N) is 2. The zero-order valence-corrected chi connectivity index (χ0v) is 16.1. The van der Waals surface area contributed by atoms with E-state index in [1.807, 2.05) is 24.3 Å². The summed E-state index contributed by atoms with van der Waals surface area (Å²) in [4.78, 5) is 28.9. The van der Waals surface area contributed by atoms with Crippen molar-refractivity contribution in [2.45, 2.75) is 6.04 Å². The van der Waals surface area contributed by atoms with Crippen molar-refractivity contribution in [3.63, 3.8) is 0 Å². The summed E-state index contributed by atoms with van der Waals surface area (Å²) in [6.07, 6.45) is 1.29. The molecule has 144 valence electrons. The van der Waals surface area contributed by atoms with Crippen LogP contribution < -0.4 is 16.4 Å². The molecule has 0 atom stereocenters. The van der Waals surface area contributed by atoms with Crippen LogP contribution in [0.4, 0.5) is 11.5 Å². The van der Waals surface area contributed by atoms with Crippen LogP contribution in [0.2, 0.25) is 0 Å². The molecule has 4 rings (SSSR count). The summed E-state index contributed by atoms with van der Waals surface area (Å²) in [6.45, 7) is 0. The van der Waals surface area contributed by atoms with Crippen molar-refractivity contribution in [1.82, 2.24) is 10.3 Å². The Morgan fingerprint density at radius 1 is 1.18 bits per heavy atom. The Morgan fingerprint density at radius 2 is 1.93 bits per heavy atom. The molecule has 0 unspecified atom stereocenters. The van der Waals surface area contributed by atoms with E-state index >= 15 is 0 Å². The maximum Gasteiger partial charge on any atom is 0.257 e. The third-order valence-corrected chi connectivity index (χ3v) is 7.18. The fourth-order valence-electron chi connectivity index (χ4n) is 2.96. The van der Waals surface area contributed by atoms with Crippen molar-refractivity contribution in [3.8, 4) is 0 Å². The van der Waals surface area contributed by atoms with Crippen molar-refractivity contribution in [3.05, 3.63) is 53.0 Å². The maximum atomic E-state index is 12.7. The zero-order valence-electron chi connectivity index (χ0n) is 14.5. The highest BCUT2D eigenvalue weighted by Gasteiger charge is 2.34. The van der Waals surface area contributed by atoms with E-state index in [4.69, 9.17) is 5.73 Å². The van der Waals surface area contributed by atoms with Crippen LogP contribution in [-0.4, -0.2) is 42.8 Å². The first-order valence-corrected chi connectivity index (χ1v) is 11.1. The minimum Gasteiger partial charge on any atom is -0.382 e. The molecular formula is C18H16N4O4S2. The third-order valence-electron chi connectivity index (χ3n) is 4.40. The van der Waals surface area contributed by atoms with Crippen LogP contribution in [-0.2, 0) is 9.84 Å². The number of hydrogen-bond donors (Lipinski definition) is 3. The lowest BCUT2D eigenvalue weighted by molar-refractivity contribution is 0.0940. The second-order valence-electron chi connectivity index (χ2n) is 6.50. The molecule has 0 bridgehead atoms. The van der Waals surface area contributed by atoms with Gasteiger partial charge in [-0.25, -0.2) is 13.4 Å². The van der Waals surface area contributed by atoms with Crippen molar-refractivity contribution < 1.29 is 18.0 Å². The SMILES string of the molecule is Nc1ncc(C(=O)NC2CS(=O)(=O)C2)cc1NC(=O)c1csc2ccccc12. The Morgan fingerprint density at radius 3 is 2.68 bits per heavy atom.